The van der Waals surface area contributed by atoms with Crippen LogP contribution in [0.25, 0.3) is 0 Å². The van der Waals surface area contributed by atoms with Gasteiger partial charge in [0.1, 0.15) is 0 Å². The molecule has 2 unspecified atom stereocenters. The van der Waals surface area contributed by atoms with Gasteiger partial charge in [0, 0.05) is 12.5 Å². The van der Waals surface area contributed by atoms with Crippen molar-refractivity contribution in [2.75, 3.05) is 18.1 Å². The molecule has 18 heavy (non-hydrogen) atoms. The maximum Gasteiger partial charge on any atom is 0.220 e. The molecule has 6 heteroatoms. The summed E-state index contributed by atoms with van der Waals surface area (Å²) in [5.74, 6) is 0.241. The molecule has 0 aromatic heterocycles. The molecule has 0 saturated carbocycles. The predicted octanol–water partition coefficient (Wildman–Crippen LogP) is 0.212. The number of nitrogens with one attached hydrogen (secondary N) is 2. The Bertz CT molecular complexity index is 415. The molecule has 2 aliphatic heterocycles. The smallest absolute Gasteiger partial charge is 0.220 e. The number of sulfone groups is 1. The van der Waals surface area contributed by atoms with Gasteiger partial charge in [0.25, 0.3) is 0 Å². The molecule has 0 aromatic rings. The number of carbonyl (C=O) groups excluding carboxylic acids is 1. The van der Waals surface area contributed by atoms with E-state index in [2.05, 4.69) is 10.6 Å². The highest BCUT2D eigenvalue weighted by Crippen LogP contribution is 2.23. The summed E-state index contributed by atoms with van der Waals surface area (Å²) in [6.07, 6.45) is 4.17. The van der Waals surface area contributed by atoms with Crippen LogP contribution in [-0.4, -0.2) is 44.0 Å². The van der Waals surface area contributed by atoms with Gasteiger partial charge in [0.2, 0.25) is 5.91 Å². The van der Waals surface area contributed by atoms with Crippen molar-refractivity contribution in [1.82, 2.24) is 10.6 Å². The lowest BCUT2D eigenvalue weighted by Crippen LogP contribution is -2.47. The van der Waals surface area contributed by atoms with E-state index in [1.54, 1.807) is 0 Å². The molecule has 2 fully saturated rings. The molecule has 2 rings (SSSR count). The second-order valence-electron chi connectivity index (χ2n) is 5.78. The first-order valence-corrected chi connectivity index (χ1v) is 8.46. The first kappa shape index (κ1) is 13.8. The van der Waals surface area contributed by atoms with Crippen molar-refractivity contribution in [3.05, 3.63) is 0 Å². The summed E-state index contributed by atoms with van der Waals surface area (Å²) in [5, 5.41) is 6.24. The molecule has 0 spiro atoms. The Balaban J connectivity index is 1.77. The van der Waals surface area contributed by atoms with E-state index in [1.165, 1.54) is 6.42 Å². The summed E-state index contributed by atoms with van der Waals surface area (Å²) >= 11 is 0. The Kier molecular flexibility index (Phi) is 3.96. The Morgan fingerprint density at radius 3 is 2.83 bits per heavy atom. The molecule has 0 aromatic carbocycles. The van der Waals surface area contributed by atoms with E-state index in [1.807, 2.05) is 6.92 Å². The molecule has 2 atom stereocenters. The van der Waals surface area contributed by atoms with E-state index < -0.39 is 15.4 Å². The van der Waals surface area contributed by atoms with Crippen LogP contribution in [0.2, 0.25) is 0 Å². The van der Waals surface area contributed by atoms with Crippen LogP contribution < -0.4 is 10.6 Å². The normalized spacial score (nSPS) is 34.6. The number of hydrogen-bond donors (Lipinski definition) is 2. The van der Waals surface area contributed by atoms with Crippen LogP contribution in [0.1, 0.15) is 39.0 Å². The van der Waals surface area contributed by atoms with E-state index in [-0.39, 0.29) is 17.4 Å². The van der Waals surface area contributed by atoms with Crippen LogP contribution in [-0.2, 0) is 14.6 Å². The predicted molar refractivity (Wildman–Crippen MR) is 70.1 cm³/mol. The number of carbonyl (C=O) groups is 1. The summed E-state index contributed by atoms with van der Waals surface area (Å²) in [7, 11) is -2.96. The van der Waals surface area contributed by atoms with Gasteiger partial charge in [-0.3, -0.25) is 4.79 Å². The van der Waals surface area contributed by atoms with Crippen LogP contribution >= 0.6 is 0 Å². The maximum atomic E-state index is 11.8. The largest absolute Gasteiger partial charge is 0.350 e. The molecule has 2 N–H and O–H groups in total. The van der Waals surface area contributed by atoms with Gasteiger partial charge in [-0.1, -0.05) is 0 Å². The van der Waals surface area contributed by atoms with Gasteiger partial charge < -0.3 is 10.6 Å². The van der Waals surface area contributed by atoms with Crippen LogP contribution in [0.15, 0.2) is 0 Å². The van der Waals surface area contributed by atoms with Gasteiger partial charge in [-0.25, -0.2) is 8.42 Å². The van der Waals surface area contributed by atoms with Crippen molar-refractivity contribution in [3.8, 4) is 0 Å². The topological polar surface area (TPSA) is 75.3 Å². The lowest BCUT2D eigenvalue weighted by Gasteiger charge is -2.24. The van der Waals surface area contributed by atoms with Gasteiger partial charge in [-0.15, -0.1) is 0 Å². The van der Waals surface area contributed by atoms with Crippen LogP contribution in [0.4, 0.5) is 0 Å². The molecule has 1 amide bonds. The van der Waals surface area contributed by atoms with E-state index >= 15 is 0 Å². The summed E-state index contributed by atoms with van der Waals surface area (Å²) in [6.45, 7) is 2.87. The average molecular weight is 274 g/mol. The van der Waals surface area contributed by atoms with Crippen LogP contribution in [0, 0.1) is 0 Å². The minimum Gasteiger partial charge on any atom is -0.350 e. The SMILES string of the molecule is CC1(NC(=O)CCC2CCCN2)CCS(=O)(=O)C1. The van der Waals surface area contributed by atoms with Crippen molar-refractivity contribution in [3.63, 3.8) is 0 Å². The monoisotopic (exact) mass is 274 g/mol. The summed E-state index contributed by atoms with van der Waals surface area (Å²) in [5.41, 5.74) is -0.557. The van der Waals surface area contributed by atoms with Gasteiger partial charge in [-0.05, 0) is 39.2 Å². The fourth-order valence-electron chi connectivity index (χ4n) is 2.82. The second kappa shape index (κ2) is 5.17. The minimum atomic E-state index is -2.96. The number of hydrogen-bond acceptors (Lipinski definition) is 4. The second-order valence-corrected chi connectivity index (χ2v) is 7.97. The van der Waals surface area contributed by atoms with E-state index in [0.717, 1.165) is 19.4 Å². The lowest BCUT2D eigenvalue weighted by atomic mass is 10.0. The maximum absolute atomic E-state index is 11.8. The highest BCUT2D eigenvalue weighted by molar-refractivity contribution is 7.91. The molecular formula is C12H22N2O3S. The molecule has 0 aliphatic carbocycles. The summed E-state index contributed by atoms with van der Waals surface area (Å²) < 4.78 is 22.9. The molecular weight excluding hydrogens is 252 g/mol. The first-order valence-electron chi connectivity index (χ1n) is 6.63. The Hall–Kier alpha value is -0.620. The molecule has 0 bridgehead atoms. The Morgan fingerprint density at radius 1 is 1.50 bits per heavy atom. The Morgan fingerprint density at radius 2 is 2.28 bits per heavy atom. The fourth-order valence-corrected chi connectivity index (χ4v) is 4.91. The van der Waals surface area contributed by atoms with Gasteiger partial charge in [0.05, 0.1) is 17.0 Å². The number of rotatable bonds is 4. The van der Waals surface area contributed by atoms with Crippen LogP contribution in [0.5, 0.6) is 0 Å². The van der Waals surface area contributed by atoms with Crippen molar-refractivity contribution in [2.45, 2.75) is 50.6 Å². The van der Waals surface area contributed by atoms with Crippen molar-refractivity contribution >= 4 is 15.7 Å². The number of amides is 1. The molecule has 0 radical (unpaired) electrons. The molecule has 5 nitrogen and oxygen atoms in total. The molecule has 2 heterocycles. The van der Waals surface area contributed by atoms with Crippen molar-refractivity contribution < 1.29 is 13.2 Å². The average Bonchev–Trinajstić information content (AvgIpc) is 2.84. The molecule has 2 saturated heterocycles. The highest BCUT2D eigenvalue weighted by Gasteiger charge is 2.39. The van der Waals surface area contributed by atoms with Gasteiger partial charge in [0.15, 0.2) is 9.84 Å². The quantitative estimate of drug-likeness (QED) is 0.768. The zero-order valence-electron chi connectivity index (χ0n) is 10.9. The fraction of sp³-hybridized carbons (Fsp3) is 0.917. The third-order valence-electron chi connectivity index (χ3n) is 3.83. The third-order valence-corrected chi connectivity index (χ3v) is 5.73. The third kappa shape index (κ3) is 3.68. The van der Waals surface area contributed by atoms with E-state index in [0.29, 0.717) is 18.9 Å². The highest BCUT2D eigenvalue weighted by atomic mass is 32.2. The Labute approximate surface area is 109 Å². The molecule has 104 valence electrons. The summed E-state index contributed by atoms with van der Waals surface area (Å²) in [6, 6.07) is 0.455. The standard InChI is InChI=1S/C12H22N2O3S/c1-12(6-8-18(16,17)9-12)14-11(15)5-4-10-3-2-7-13-10/h10,13H,2-9H2,1H3,(H,14,15). The van der Waals surface area contributed by atoms with Gasteiger partial charge >= 0.3 is 0 Å². The van der Waals surface area contributed by atoms with Crippen molar-refractivity contribution in [2.24, 2.45) is 0 Å². The van der Waals surface area contributed by atoms with E-state index in [9.17, 15) is 13.2 Å². The van der Waals surface area contributed by atoms with Crippen LogP contribution in [0.3, 0.4) is 0 Å². The zero-order chi connectivity index (χ0) is 13.2. The zero-order valence-corrected chi connectivity index (χ0v) is 11.7. The van der Waals surface area contributed by atoms with E-state index in [4.69, 9.17) is 0 Å². The molecule has 2 aliphatic rings. The minimum absolute atomic E-state index is 0.0247. The lowest BCUT2D eigenvalue weighted by molar-refractivity contribution is -0.122. The first-order chi connectivity index (χ1) is 8.39. The van der Waals surface area contributed by atoms with Crippen molar-refractivity contribution in [1.29, 1.82) is 0 Å². The summed E-state index contributed by atoms with van der Waals surface area (Å²) in [4.78, 5) is 11.8. The van der Waals surface area contributed by atoms with Gasteiger partial charge in [-0.2, -0.15) is 0 Å².